The van der Waals surface area contributed by atoms with Gasteiger partial charge < -0.3 is 15.3 Å². The predicted molar refractivity (Wildman–Crippen MR) is 76.5 cm³/mol. The Bertz CT molecular complexity index is 478. The van der Waals surface area contributed by atoms with E-state index in [-0.39, 0.29) is 5.91 Å². The first kappa shape index (κ1) is 13.9. The number of benzene rings is 1. The third kappa shape index (κ3) is 3.47. The molecule has 1 heterocycles. The minimum atomic E-state index is -0.875. The highest BCUT2D eigenvalue weighted by molar-refractivity contribution is 5.94. The third-order valence-corrected chi connectivity index (χ3v) is 3.26. The van der Waals surface area contributed by atoms with Gasteiger partial charge in [0.1, 0.15) is 0 Å². The molecule has 19 heavy (non-hydrogen) atoms. The second-order valence-electron chi connectivity index (χ2n) is 5.88. The molecule has 2 rings (SSSR count). The summed E-state index contributed by atoms with van der Waals surface area (Å²) in [5.41, 5.74) is 2.15. The Morgan fingerprint density at radius 3 is 2.89 bits per heavy atom. The van der Waals surface area contributed by atoms with Gasteiger partial charge in [0.2, 0.25) is 0 Å². The van der Waals surface area contributed by atoms with Crippen LogP contribution in [0.15, 0.2) is 18.2 Å². The summed E-state index contributed by atoms with van der Waals surface area (Å²) in [5.74, 6) is -0.0458. The zero-order chi connectivity index (χ0) is 14.0. The van der Waals surface area contributed by atoms with Gasteiger partial charge in [-0.3, -0.25) is 4.79 Å². The predicted octanol–water partition coefficient (Wildman–Crippen LogP) is 1.89. The molecule has 0 saturated heterocycles. The third-order valence-electron chi connectivity index (χ3n) is 3.26. The van der Waals surface area contributed by atoms with Crippen molar-refractivity contribution >= 4 is 11.6 Å². The fourth-order valence-electron chi connectivity index (χ4n) is 2.48. The van der Waals surface area contributed by atoms with Crippen molar-refractivity contribution in [2.24, 2.45) is 0 Å². The van der Waals surface area contributed by atoms with Crippen molar-refractivity contribution in [1.82, 2.24) is 4.90 Å². The van der Waals surface area contributed by atoms with Crippen molar-refractivity contribution in [3.63, 3.8) is 0 Å². The van der Waals surface area contributed by atoms with Gasteiger partial charge in [-0.05, 0) is 50.5 Å². The van der Waals surface area contributed by atoms with Crippen molar-refractivity contribution in [3.8, 4) is 0 Å². The van der Waals surface area contributed by atoms with E-state index in [0.717, 1.165) is 25.1 Å². The number of likely N-dealkylation sites (N-methyl/N-ethyl adjacent to an activating group) is 1. The number of rotatable bonds is 3. The Kier molecular flexibility index (Phi) is 3.80. The molecular formula is C15H22N2O2. The molecule has 0 atom stereocenters. The fraction of sp³-hybridized carbons (Fsp3) is 0.533. The number of anilines is 1. The summed E-state index contributed by atoms with van der Waals surface area (Å²) in [7, 11) is 1.72. The molecule has 0 aliphatic carbocycles. The molecule has 1 aliphatic rings. The fourth-order valence-corrected chi connectivity index (χ4v) is 2.48. The SMILES string of the molecule is CN(CC(C)(C)O)C(=O)c1ccc2c(c1)CCCN2. The smallest absolute Gasteiger partial charge is 0.253 e. The van der Waals surface area contributed by atoms with Gasteiger partial charge in [-0.25, -0.2) is 0 Å². The zero-order valence-electron chi connectivity index (χ0n) is 11.9. The Hall–Kier alpha value is -1.55. The highest BCUT2D eigenvalue weighted by atomic mass is 16.3. The van der Waals surface area contributed by atoms with E-state index in [4.69, 9.17) is 0 Å². The first-order valence-corrected chi connectivity index (χ1v) is 6.71. The van der Waals surface area contributed by atoms with Crippen LogP contribution in [0.1, 0.15) is 36.2 Å². The van der Waals surface area contributed by atoms with Crippen molar-refractivity contribution in [1.29, 1.82) is 0 Å². The van der Waals surface area contributed by atoms with Crippen LogP contribution in [0, 0.1) is 0 Å². The molecule has 1 aliphatic heterocycles. The quantitative estimate of drug-likeness (QED) is 0.874. The van der Waals surface area contributed by atoms with Gasteiger partial charge in [0.05, 0.1) is 5.60 Å². The van der Waals surface area contributed by atoms with E-state index in [1.807, 2.05) is 18.2 Å². The van der Waals surface area contributed by atoms with Gasteiger partial charge in [0.25, 0.3) is 5.91 Å². The number of carbonyl (C=O) groups excluding carboxylic acids is 1. The van der Waals surface area contributed by atoms with E-state index < -0.39 is 5.60 Å². The second kappa shape index (κ2) is 5.21. The zero-order valence-corrected chi connectivity index (χ0v) is 11.9. The molecule has 0 fully saturated rings. The number of amides is 1. The van der Waals surface area contributed by atoms with E-state index >= 15 is 0 Å². The maximum absolute atomic E-state index is 12.3. The van der Waals surface area contributed by atoms with Crippen molar-refractivity contribution in [2.45, 2.75) is 32.3 Å². The topological polar surface area (TPSA) is 52.6 Å². The average molecular weight is 262 g/mol. The number of aryl methyl sites for hydroxylation is 1. The summed E-state index contributed by atoms with van der Waals surface area (Å²) in [5, 5.41) is 13.1. The molecule has 0 saturated carbocycles. The molecule has 0 unspecified atom stereocenters. The van der Waals surface area contributed by atoms with Crippen LogP contribution in [0.4, 0.5) is 5.69 Å². The van der Waals surface area contributed by atoms with Gasteiger partial charge in [-0.1, -0.05) is 0 Å². The number of aliphatic hydroxyl groups is 1. The van der Waals surface area contributed by atoms with E-state index in [1.165, 1.54) is 5.56 Å². The summed E-state index contributed by atoms with van der Waals surface area (Å²) in [6, 6.07) is 5.78. The molecule has 2 N–H and O–H groups in total. The first-order chi connectivity index (χ1) is 8.87. The van der Waals surface area contributed by atoms with Crippen LogP contribution in [0.25, 0.3) is 0 Å². The lowest BCUT2D eigenvalue weighted by molar-refractivity contribution is 0.0368. The van der Waals surface area contributed by atoms with Crippen LogP contribution in [-0.2, 0) is 6.42 Å². The van der Waals surface area contributed by atoms with E-state index in [2.05, 4.69) is 5.32 Å². The number of nitrogens with one attached hydrogen (secondary N) is 1. The molecule has 1 aromatic carbocycles. The molecule has 1 amide bonds. The van der Waals surface area contributed by atoms with Crippen LogP contribution in [0.2, 0.25) is 0 Å². The lowest BCUT2D eigenvalue weighted by Crippen LogP contribution is -2.39. The number of hydrogen-bond acceptors (Lipinski definition) is 3. The second-order valence-corrected chi connectivity index (χ2v) is 5.88. The summed E-state index contributed by atoms with van der Waals surface area (Å²) >= 11 is 0. The lowest BCUT2D eigenvalue weighted by Gasteiger charge is -2.26. The monoisotopic (exact) mass is 262 g/mol. The molecule has 4 nitrogen and oxygen atoms in total. The molecule has 0 aromatic heterocycles. The van der Waals surface area contributed by atoms with Gasteiger partial charge >= 0.3 is 0 Å². The number of hydrogen-bond donors (Lipinski definition) is 2. The number of carbonyl (C=O) groups is 1. The molecular weight excluding hydrogens is 240 g/mol. The van der Waals surface area contributed by atoms with Crippen LogP contribution in [0.3, 0.4) is 0 Å². The minimum absolute atomic E-state index is 0.0458. The Morgan fingerprint density at radius 2 is 2.21 bits per heavy atom. The Labute approximate surface area is 114 Å². The minimum Gasteiger partial charge on any atom is -0.389 e. The van der Waals surface area contributed by atoms with Gasteiger partial charge in [0, 0.05) is 31.4 Å². The molecule has 0 radical (unpaired) electrons. The molecule has 4 heteroatoms. The average Bonchev–Trinajstić information content (AvgIpc) is 2.35. The van der Waals surface area contributed by atoms with Crippen LogP contribution >= 0.6 is 0 Å². The van der Waals surface area contributed by atoms with Crippen LogP contribution in [-0.4, -0.2) is 41.7 Å². The van der Waals surface area contributed by atoms with E-state index in [1.54, 1.807) is 25.8 Å². The normalized spacial score (nSPS) is 14.5. The standard InChI is InChI=1S/C15H22N2O2/c1-15(2,19)10-17(3)14(18)12-6-7-13-11(9-12)5-4-8-16-13/h6-7,9,16,19H,4-5,8,10H2,1-3H3. The van der Waals surface area contributed by atoms with Crippen molar-refractivity contribution < 1.29 is 9.90 Å². The summed E-state index contributed by atoms with van der Waals surface area (Å²) in [4.78, 5) is 13.9. The number of fused-ring (bicyclic) bond motifs is 1. The van der Waals surface area contributed by atoms with Gasteiger partial charge in [0.15, 0.2) is 0 Å². The summed E-state index contributed by atoms with van der Waals surface area (Å²) < 4.78 is 0. The van der Waals surface area contributed by atoms with Crippen molar-refractivity contribution in [3.05, 3.63) is 29.3 Å². The summed E-state index contributed by atoms with van der Waals surface area (Å²) in [6.45, 7) is 4.72. The molecule has 104 valence electrons. The number of nitrogens with zero attached hydrogens (tertiary/aromatic N) is 1. The van der Waals surface area contributed by atoms with Gasteiger partial charge in [-0.15, -0.1) is 0 Å². The maximum atomic E-state index is 12.3. The van der Waals surface area contributed by atoms with Gasteiger partial charge in [-0.2, -0.15) is 0 Å². The first-order valence-electron chi connectivity index (χ1n) is 6.71. The van der Waals surface area contributed by atoms with Crippen molar-refractivity contribution in [2.75, 3.05) is 25.5 Å². The highest BCUT2D eigenvalue weighted by Gasteiger charge is 2.21. The lowest BCUT2D eigenvalue weighted by atomic mass is 10.00. The van der Waals surface area contributed by atoms with E-state index in [0.29, 0.717) is 12.1 Å². The molecule has 0 spiro atoms. The van der Waals surface area contributed by atoms with Crippen LogP contribution < -0.4 is 5.32 Å². The Morgan fingerprint density at radius 1 is 1.47 bits per heavy atom. The van der Waals surface area contributed by atoms with Crippen LogP contribution in [0.5, 0.6) is 0 Å². The maximum Gasteiger partial charge on any atom is 0.253 e. The summed E-state index contributed by atoms with van der Waals surface area (Å²) in [6.07, 6.45) is 2.11. The molecule has 1 aromatic rings. The molecule has 0 bridgehead atoms. The largest absolute Gasteiger partial charge is 0.389 e. The van der Waals surface area contributed by atoms with E-state index in [9.17, 15) is 9.90 Å². The highest BCUT2D eigenvalue weighted by Crippen LogP contribution is 2.23. The Balaban J connectivity index is 2.15.